The van der Waals surface area contributed by atoms with Crippen LogP contribution < -0.4 is 5.32 Å². The fraction of sp³-hybridized carbons (Fsp3) is 0.867. The van der Waals surface area contributed by atoms with Gasteiger partial charge in [-0.05, 0) is 38.8 Å². The summed E-state index contributed by atoms with van der Waals surface area (Å²) in [7, 11) is 0. The third-order valence-corrected chi connectivity index (χ3v) is 4.66. The van der Waals surface area contributed by atoms with Gasteiger partial charge in [-0.3, -0.25) is 4.90 Å². The summed E-state index contributed by atoms with van der Waals surface area (Å²) in [4.78, 5) is 2.61. The maximum Gasteiger partial charge on any atom is 0.147 e. The molecule has 1 aromatic rings. The van der Waals surface area contributed by atoms with Gasteiger partial charge in [-0.25, -0.2) is 0 Å². The molecule has 0 bridgehead atoms. The Balaban J connectivity index is 1.67. The van der Waals surface area contributed by atoms with Crippen molar-refractivity contribution in [2.24, 2.45) is 0 Å². The van der Waals surface area contributed by atoms with E-state index in [1.807, 2.05) is 0 Å². The molecule has 0 radical (unpaired) electrons. The van der Waals surface area contributed by atoms with Gasteiger partial charge in [-0.2, -0.15) is 0 Å². The van der Waals surface area contributed by atoms with Gasteiger partial charge in [0.25, 0.3) is 0 Å². The van der Waals surface area contributed by atoms with E-state index in [0.29, 0.717) is 6.04 Å². The highest BCUT2D eigenvalue weighted by Crippen LogP contribution is 2.21. The Morgan fingerprint density at radius 2 is 2.05 bits per heavy atom. The number of hydrogen-bond donors (Lipinski definition) is 1. The van der Waals surface area contributed by atoms with Crippen LogP contribution in [0, 0.1) is 0 Å². The molecule has 1 aromatic heterocycles. The average Bonchev–Trinajstić information content (AvgIpc) is 2.90. The molecule has 3 rings (SSSR count). The molecule has 0 spiro atoms. The first-order valence-electron chi connectivity index (χ1n) is 8.24. The number of likely N-dealkylation sites (N-methyl/N-ethyl adjacent to an activating group) is 1. The lowest BCUT2D eigenvalue weighted by molar-refractivity contribution is 0.132. The largest absolute Gasteiger partial charge is 0.315 e. The van der Waals surface area contributed by atoms with Gasteiger partial charge in [0, 0.05) is 25.6 Å². The molecule has 1 unspecified atom stereocenters. The summed E-state index contributed by atoms with van der Waals surface area (Å²) in [5.74, 6) is 2.38. The number of hydrogen-bond acceptors (Lipinski definition) is 4. The van der Waals surface area contributed by atoms with Crippen molar-refractivity contribution in [3.63, 3.8) is 0 Å². The summed E-state index contributed by atoms with van der Waals surface area (Å²) in [6.07, 6.45) is 7.65. The first-order valence-corrected chi connectivity index (χ1v) is 8.24. The van der Waals surface area contributed by atoms with E-state index in [2.05, 4.69) is 31.9 Å². The zero-order valence-electron chi connectivity index (χ0n) is 12.6. The lowest BCUT2D eigenvalue weighted by Gasteiger charge is -2.35. The van der Waals surface area contributed by atoms with Gasteiger partial charge in [0.15, 0.2) is 0 Å². The van der Waals surface area contributed by atoms with Gasteiger partial charge in [-0.15, -0.1) is 10.2 Å². The molecular weight excluding hydrogens is 250 g/mol. The molecule has 20 heavy (non-hydrogen) atoms. The molecule has 1 N–H and O–H groups in total. The van der Waals surface area contributed by atoms with Crippen LogP contribution in [0.15, 0.2) is 0 Å². The zero-order chi connectivity index (χ0) is 13.8. The molecule has 0 aromatic carbocycles. The molecule has 3 heterocycles. The maximum atomic E-state index is 4.46. The highest BCUT2D eigenvalue weighted by molar-refractivity contribution is 4.99. The average molecular weight is 277 g/mol. The van der Waals surface area contributed by atoms with Crippen LogP contribution in [0.4, 0.5) is 0 Å². The quantitative estimate of drug-likeness (QED) is 0.887. The van der Waals surface area contributed by atoms with Gasteiger partial charge in [0.05, 0.1) is 6.54 Å². The lowest BCUT2D eigenvalue weighted by atomic mass is 10.0. The third kappa shape index (κ3) is 3.04. The molecule has 1 saturated heterocycles. The number of nitrogens with zero attached hydrogens (tertiary/aromatic N) is 4. The fourth-order valence-corrected chi connectivity index (χ4v) is 3.48. The van der Waals surface area contributed by atoms with Crippen LogP contribution in [0.3, 0.4) is 0 Å². The van der Waals surface area contributed by atoms with E-state index in [0.717, 1.165) is 32.6 Å². The monoisotopic (exact) mass is 277 g/mol. The Kier molecular flexibility index (Phi) is 4.68. The van der Waals surface area contributed by atoms with Crippen molar-refractivity contribution in [1.82, 2.24) is 25.0 Å². The lowest BCUT2D eigenvalue weighted by Crippen LogP contribution is -2.45. The topological polar surface area (TPSA) is 46.0 Å². The fourth-order valence-electron chi connectivity index (χ4n) is 3.48. The van der Waals surface area contributed by atoms with E-state index in [-0.39, 0.29) is 0 Å². The molecule has 0 saturated carbocycles. The van der Waals surface area contributed by atoms with Crippen molar-refractivity contribution in [2.75, 3.05) is 19.6 Å². The van der Waals surface area contributed by atoms with Gasteiger partial charge >= 0.3 is 0 Å². The van der Waals surface area contributed by atoms with Crippen molar-refractivity contribution in [2.45, 2.75) is 64.6 Å². The molecule has 2 aliphatic heterocycles. The molecule has 5 heteroatoms. The minimum atomic E-state index is 0.667. The summed E-state index contributed by atoms with van der Waals surface area (Å²) >= 11 is 0. The van der Waals surface area contributed by atoms with E-state index in [1.54, 1.807) is 0 Å². The second-order valence-corrected chi connectivity index (χ2v) is 6.07. The van der Waals surface area contributed by atoms with Crippen LogP contribution in [0.25, 0.3) is 0 Å². The van der Waals surface area contributed by atoms with Crippen LogP contribution >= 0.6 is 0 Å². The van der Waals surface area contributed by atoms with Gasteiger partial charge < -0.3 is 9.88 Å². The maximum absolute atomic E-state index is 4.46. The summed E-state index contributed by atoms with van der Waals surface area (Å²) in [5, 5.41) is 12.3. The number of aryl methyl sites for hydroxylation is 1. The first kappa shape index (κ1) is 14.0. The predicted octanol–water partition coefficient (Wildman–Crippen LogP) is 1.58. The number of rotatable bonds is 5. The second kappa shape index (κ2) is 6.68. The smallest absolute Gasteiger partial charge is 0.147 e. The van der Waals surface area contributed by atoms with Gasteiger partial charge in [0.2, 0.25) is 0 Å². The number of fused-ring (bicyclic) bond motifs is 1. The molecule has 1 fully saturated rings. The summed E-state index contributed by atoms with van der Waals surface area (Å²) in [6, 6.07) is 0.667. The van der Waals surface area contributed by atoms with Crippen molar-refractivity contribution in [3.8, 4) is 0 Å². The third-order valence-electron chi connectivity index (χ3n) is 4.66. The molecule has 0 amide bonds. The zero-order valence-corrected chi connectivity index (χ0v) is 12.6. The molecule has 1 atom stereocenters. The minimum Gasteiger partial charge on any atom is -0.315 e. The van der Waals surface area contributed by atoms with Crippen LogP contribution in [-0.2, 0) is 19.5 Å². The molecule has 112 valence electrons. The Morgan fingerprint density at radius 1 is 1.15 bits per heavy atom. The molecular formula is C15H27N5. The van der Waals surface area contributed by atoms with Crippen LogP contribution in [0.5, 0.6) is 0 Å². The number of piperidine rings is 1. The Morgan fingerprint density at radius 3 is 2.95 bits per heavy atom. The van der Waals surface area contributed by atoms with Crippen LogP contribution in [-0.4, -0.2) is 45.3 Å². The van der Waals surface area contributed by atoms with Crippen molar-refractivity contribution in [3.05, 3.63) is 11.6 Å². The summed E-state index contributed by atoms with van der Waals surface area (Å²) in [6.45, 7) is 7.65. The van der Waals surface area contributed by atoms with E-state index < -0.39 is 0 Å². The summed E-state index contributed by atoms with van der Waals surface area (Å²) in [5.41, 5.74) is 0. The standard InChI is InChI=1S/C15H27N5/c1-2-16-11-13-7-3-5-9-19(13)12-15-18-17-14-8-4-6-10-20(14)15/h13,16H,2-12H2,1H3. The van der Waals surface area contributed by atoms with E-state index in [9.17, 15) is 0 Å². The minimum absolute atomic E-state index is 0.667. The van der Waals surface area contributed by atoms with Crippen LogP contribution in [0.2, 0.25) is 0 Å². The molecule has 0 aliphatic carbocycles. The van der Waals surface area contributed by atoms with Crippen molar-refractivity contribution < 1.29 is 0 Å². The Labute approximate surface area is 121 Å². The molecule has 2 aliphatic rings. The van der Waals surface area contributed by atoms with E-state index in [4.69, 9.17) is 0 Å². The first-order chi connectivity index (χ1) is 9.88. The highest BCUT2D eigenvalue weighted by Gasteiger charge is 2.25. The van der Waals surface area contributed by atoms with Crippen molar-refractivity contribution >= 4 is 0 Å². The molecule has 5 nitrogen and oxygen atoms in total. The van der Waals surface area contributed by atoms with Crippen molar-refractivity contribution in [1.29, 1.82) is 0 Å². The number of likely N-dealkylation sites (tertiary alicyclic amines) is 1. The predicted molar refractivity (Wildman–Crippen MR) is 79.6 cm³/mol. The number of nitrogens with one attached hydrogen (secondary N) is 1. The van der Waals surface area contributed by atoms with Gasteiger partial charge in [0.1, 0.15) is 11.6 Å². The Hall–Kier alpha value is -0.940. The Bertz CT molecular complexity index is 428. The highest BCUT2D eigenvalue weighted by atomic mass is 15.3. The second-order valence-electron chi connectivity index (χ2n) is 6.07. The van der Waals surface area contributed by atoms with E-state index >= 15 is 0 Å². The number of aromatic nitrogens is 3. The van der Waals surface area contributed by atoms with E-state index in [1.165, 1.54) is 50.3 Å². The normalized spacial score (nSPS) is 23.8. The van der Waals surface area contributed by atoms with Gasteiger partial charge in [-0.1, -0.05) is 13.3 Å². The summed E-state index contributed by atoms with van der Waals surface area (Å²) < 4.78 is 2.36. The van der Waals surface area contributed by atoms with Crippen LogP contribution in [0.1, 0.15) is 50.7 Å². The SMILES string of the molecule is CCNCC1CCCCN1Cc1nnc2n1CCCC2.